The van der Waals surface area contributed by atoms with Crippen molar-refractivity contribution in [2.45, 2.75) is 34.6 Å². The molecule has 0 aliphatic rings. The van der Waals surface area contributed by atoms with Crippen LogP contribution in [0.5, 0.6) is 0 Å². The highest BCUT2D eigenvalue weighted by molar-refractivity contribution is 6.05. The van der Waals surface area contributed by atoms with Gasteiger partial charge in [-0.2, -0.15) is 0 Å². The van der Waals surface area contributed by atoms with Crippen LogP contribution in [-0.2, 0) is 14.3 Å². The molecule has 0 spiro atoms. The molecule has 0 radical (unpaired) electrons. The molecular weight excluding hydrogens is 368 g/mol. The molecule has 0 saturated carbocycles. The van der Waals surface area contributed by atoms with E-state index < -0.39 is 5.97 Å². The van der Waals surface area contributed by atoms with E-state index >= 15 is 0 Å². The third-order valence-electron chi connectivity index (χ3n) is 4.25. The highest BCUT2D eigenvalue weighted by Crippen LogP contribution is 2.16. The number of amides is 1. The van der Waals surface area contributed by atoms with Crippen LogP contribution in [0.2, 0.25) is 0 Å². The molecule has 0 N–H and O–H groups in total. The number of fused-ring (bicyclic) bond motifs is 1. The van der Waals surface area contributed by atoms with Gasteiger partial charge in [-0.05, 0) is 17.9 Å². The molecule has 2 aromatic rings. The van der Waals surface area contributed by atoms with Crippen LogP contribution < -0.4 is 0 Å². The van der Waals surface area contributed by atoms with Gasteiger partial charge < -0.3 is 9.64 Å². The van der Waals surface area contributed by atoms with Crippen molar-refractivity contribution >= 4 is 28.4 Å². The van der Waals surface area contributed by atoms with Gasteiger partial charge in [-0.3, -0.25) is 19.4 Å². The van der Waals surface area contributed by atoms with Crippen molar-refractivity contribution in [1.82, 2.24) is 9.88 Å². The summed E-state index contributed by atoms with van der Waals surface area (Å²) in [6.45, 7) is 9.24. The van der Waals surface area contributed by atoms with E-state index in [1.54, 1.807) is 12.3 Å². The second-order valence-corrected chi connectivity index (χ2v) is 6.33. The van der Waals surface area contributed by atoms with E-state index in [1.807, 2.05) is 44.2 Å². The number of rotatable bonds is 7. The molecule has 0 fully saturated rings. The number of aromatic nitrogens is 1. The lowest BCUT2D eigenvalue weighted by Crippen LogP contribution is -2.39. The molecule has 29 heavy (non-hydrogen) atoms. The van der Waals surface area contributed by atoms with Crippen LogP contribution in [0.3, 0.4) is 0 Å². The Hall–Kier alpha value is -3.02. The molecule has 0 aliphatic heterocycles. The van der Waals surface area contributed by atoms with Gasteiger partial charge in [0, 0.05) is 31.0 Å². The normalized spacial score (nSPS) is 10.6. The number of pyridine rings is 1. The standard InChI is InChI=1S/C11H19NO3.C11H9NO.CH4/c1-5-7-12(8-10(13)15-4)11(14)9(3)6-2;1-8(13)11-10-5-3-2-4-9(10)6-7-12-11;/h5,9H,1,6-8H2,2-4H3;2-7H,1H3;1H4. The maximum absolute atomic E-state index is 11.8. The van der Waals surface area contributed by atoms with Gasteiger partial charge in [0.2, 0.25) is 5.91 Å². The van der Waals surface area contributed by atoms with Crippen molar-refractivity contribution in [1.29, 1.82) is 0 Å². The molecule has 158 valence electrons. The summed E-state index contributed by atoms with van der Waals surface area (Å²) in [5, 5.41) is 1.99. The second-order valence-electron chi connectivity index (χ2n) is 6.33. The van der Waals surface area contributed by atoms with Gasteiger partial charge in [0.1, 0.15) is 12.2 Å². The molecule has 1 heterocycles. The van der Waals surface area contributed by atoms with E-state index in [0.29, 0.717) is 12.2 Å². The third kappa shape index (κ3) is 7.86. The molecule has 0 aliphatic carbocycles. The SMILES string of the molecule is C.C=CCN(CC(=O)OC)C(=O)C(C)CC.CC(=O)c1nccc2ccccc12. The van der Waals surface area contributed by atoms with Gasteiger partial charge in [-0.25, -0.2) is 0 Å². The van der Waals surface area contributed by atoms with Crippen LogP contribution in [0, 0.1) is 5.92 Å². The highest BCUT2D eigenvalue weighted by atomic mass is 16.5. The van der Waals surface area contributed by atoms with Gasteiger partial charge in [0.25, 0.3) is 0 Å². The zero-order valence-corrected chi connectivity index (χ0v) is 17.0. The Morgan fingerprint density at radius 2 is 1.90 bits per heavy atom. The number of ether oxygens (including phenoxy) is 1. The second kappa shape index (κ2) is 13.2. The average Bonchev–Trinajstić information content (AvgIpc) is 2.72. The smallest absolute Gasteiger partial charge is 0.325 e. The number of Topliss-reactive ketones (excluding diaryl/α,β-unsaturated/α-hetero) is 1. The Labute approximate surface area is 173 Å². The van der Waals surface area contributed by atoms with E-state index in [4.69, 9.17) is 0 Å². The van der Waals surface area contributed by atoms with Crippen LogP contribution in [0.25, 0.3) is 10.8 Å². The summed E-state index contributed by atoms with van der Waals surface area (Å²) in [6, 6.07) is 9.66. The lowest BCUT2D eigenvalue weighted by Gasteiger charge is -2.22. The lowest BCUT2D eigenvalue weighted by molar-refractivity contribution is -0.147. The maximum Gasteiger partial charge on any atom is 0.325 e. The maximum atomic E-state index is 11.8. The van der Waals surface area contributed by atoms with Gasteiger partial charge in [0.15, 0.2) is 5.78 Å². The predicted octanol–water partition coefficient (Wildman–Crippen LogP) is 4.29. The van der Waals surface area contributed by atoms with Crippen molar-refractivity contribution in [3.05, 3.63) is 54.9 Å². The van der Waals surface area contributed by atoms with Gasteiger partial charge in [0.05, 0.1) is 7.11 Å². The topological polar surface area (TPSA) is 76.6 Å². The first kappa shape index (κ1) is 26.0. The number of ketones is 1. The summed E-state index contributed by atoms with van der Waals surface area (Å²) in [5.74, 6) is -0.511. The first-order valence-electron chi connectivity index (χ1n) is 9.16. The number of methoxy groups -OCH3 is 1. The largest absolute Gasteiger partial charge is 0.468 e. The van der Waals surface area contributed by atoms with Crippen LogP contribution >= 0.6 is 0 Å². The summed E-state index contributed by atoms with van der Waals surface area (Å²) in [7, 11) is 1.31. The molecule has 1 aromatic heterocycles. The molecular formula is C23H32N2O4. The number of hydrogen-bond donors (Lipinski definition) is 0. The average molecular weight is 401 g/mol. The van der Waals surface area contributed by atoms with E-state index in [2.05, 4.69) is 16.3 Å². The Morgan fingerprint density at radius 1 is 1.24 bits per heavy atom. The zero-order valence-electron chi connectivity index (χ0n) is 17.0. The number of nitrogens with zero attached hydrogens (tertiary/aromatic N) is 2. The minimum absolute atomic E-state index is 0. The number of hydrogen-bond acceptors (Lipinski definition) is 5. The van der Waals surface area contributed by atoms with E-state index in [0.717, 1.165) is 17.2 Å². The van der Waals surface area contributed by atoms with Crippen molar-refractivity contribution in [3.63, 3.8) is 0 Å². The summed E-state index contributed by atoms with van der Waals surface area (Å²) < 4.78 is 4.52. The Balaban J connectivity index is 0.000000525. The van der Waals surface area contributed by atoms with Crippen LogP contribution in [0.4, 0.5) is 0 Å². The first-order chi connectivity index (χ1) is 13.3. The van der Waals surface area contributed by atoms with Gasteiger partial charge in [-0.15, -0.1) is 6.58 Å². The first-order valence-corrected chi connectivity index (χ1v) is 9.16. The zero-order chi connectivity index (χ0) is 21.1. The molecule has 1 unspecified atom stereocenters. The molecule has 1 aromatic carbocycles. The van der Waals surface area contributed by atoms with E-state index in [1.165, 1.54) is 18.9 Å². The van der Waals surface area contributed by atoms with Crippen molar-refractivity contribution in [2.75, 3.05) is 20.2 Å². The fourth-order valence-electron chi connectivity index (χ4n) is 2.50. The Kier molecular flexibility index (Phi) is 11.8. The van der Waals surface area contributed by atoms with Crippen molar-refractivity contribution < 1.29 is 19.1 Å². The Morgan fingerprint density at radius 3 is 2.45 bits per heavy atom. The number of esters is 1. The fourth-order valence-corrected chi connectivity index (χ4v) is 2.50. The fraction of sp³-hybridized carbons (Fsp3) is 0.391. The summed E-state index contributed by atoms with van der Waals surface area (Å²) in [6.07, 6.45) is 4.02. The third-order valence-corrected chi connectivity index (χ3v) is 4.25. The monoisotopic (exact) mass is 400 g/mol. The van der Waals surface area contributed by atoms with Crippen LogP contribution in [0.15, 0.2) is 49.2 Å². The van der Waals surface area contributed by atoms with Gasteiger partial charge >= 0.3 is 5.97 Å². The van der Waals surface area contributed by atoms with Crippen LogP contribution in [-0.4, -0.2) is 47.7 Å². The minimum atomic E-state index is -0.409. The summed E-state index contributed by atoms with van der Waals surface area (Å²) >= 11 is 0. The molecule has 6 heteroatoms. The van der Waals surface area contributed by atoms with Gasteiger partial charge in [-0.1, -0.05) is 51.6 Å². The quantitative estimate of drug-likeness (QED) is 0.394. The Bertz CT molecular complexity index is 827. The number of benzene rings is 1. The summed E-state index contributed by atoms with van der Waals surface area (Å²) in [5.41, 5.74) is 0.554. The molecule has 2 rings (SSSR count). The molecule has 0 bridgehead atoms. The highest BCUT2D eigenvalue weighted by Gasteiger charge is 2.20. The molecule has 1 amide bonds. The van der Waals surface area contributed by atoms with Crippen LogP contribution in [0.1, 0.15) is 45.1 Å². The van der Waals surface area contributed by atoms with E-state index in [9.17, 15) is 14.4 Å². The van der Waals surface area contributed by atoms with E-state index in [-0.39, 0.29) is 31.6 Å². The minimum Gasteiger partial charge on any atom is -0.468 e. The summed E-state index contributed by atoms with van der Waals surface area (Å²) in [4.78, 5) is 39.6. The number of carbonyl (C=O) groups is 3. The molecule has 1 atom stereocenters. The van der Waals surface area contributed by atoms with Crippen molar-refractivity contribution in [3.8, 4) is 0 Å². The molecule has 6 nitrogen and oxygen atoms in total. The molecule has 0 saturated heterocycles. The van der Waals surface area contributed by atoms with Crippen molar-refractivity contribution in [2.24, 2.45) is 5.92 Å². The predicted molar refractivity (Wildman–Crippen MR) is 117 cm³/mol. The lowest BCUT2D eigenvalue weighted by atomic mass is 10.1. The number of carbonyl (C=O) groups excluding carboxylic acids is 3.